The maximum atomic E-state index is 11.7. The zero-order valence-corrected chi connectivity index (χ0v) is 13.2. The van der Waals surface area contributed by atoms with Crippen LogP contribution in [-0.2, 0) is 0 Å². The van der Waals surface area contributed by atoms with Gasteiger partial charge in [0.25, 0.3) is 0 Å². The highest BCUT2D eigenvalue weighted by atomic mass is 32.1. The Morgan fingerprint density at radius 3 is 2.41 bits per heavy atom. The molecule has 0 aliphatic heterocycles. The maximum Gasteiger partial charge on any atom is 0.335 e. The molecule has 0 spiro atoms. The smallest absolute Gasteiger partial charge is 0.335 e. The van der Waals surface area contributed by atoms with E-state index in [-0.39, 0.29) is 11.3 Å². The highest BCUT2D eigenvalue weighted by Crippen LogP contribution is 2.36. The van der Waals surface area contributed by atoms with Gasteiger partial charge in [-0.2, -0.15) is 0 Å². The summed E-state index contributed by atoms with van der Waals surface area (Å²) in [5.41, 5.74) is 1.90. The molecule has 0 amide bonds. The fourth-order valence-corrected chi connectivity index (χ4v) is 3.53. The Labute approximate surface area is 131 Å². The molecule has 5 nitrogen and oxygen atoms in total. The van der Waals surface area contributed by atoms with Gasteiger partial charge in [0.2, 0.25) is 0 Å². The Morgan fingerprint density at radius 2 is 1.91 bits per heavy atom. The van der Waals surface area contributed by atoms with Crippen LogP contribution in [0.5, 0.6) is 0 Å². The monoisotopic (exact) mass is 316 g/mol. The van der Waals surface area contributed by atoms with Crippen molar-refractivity contribution >= 4 is 28.8 Å². The summed E-state index contributed by atoms with van der Waals surface area (Å²) in [5.74, 6) is -0.898. The molecular weight excluding hydrogens is 300 g/mol. The lowest BCUT2D eigenvalue weighted by Gasteiger charge is -2.03. The van der Waals surface area contributed by atoms with Crippen molar-refractivity contribution in [1.29, 1.82) is 0 Å². The van der Waals surface area contributed by atoms with E-state index in [1.54, 1.807) is 19.1 Å². The number of hydrogen-bond donors (Lipinski definition) is 1. The van der Waals surface area contributed by atoms with Gasteiger partial charge >= 0.3 is 5.97 Å². The van der Waals surface area contributed by atoms with Gasteiger partial charge in [0.05, 0.1) is 16.1 Å². The van der Waals surface area contributed by atoms with Gasteiger partial charge < -0.3 is 9.67 Å². The minimum atomic E-state index is -0.953. The second kappa shape index (κ2) is 5.53. The van der Waals surface area contributed by atoms with Gasteiger partial charge in [-0.3, -0.25) is 4.79 Å². The highest BCUT2D eigenvalue weighted by molar-refractivity contribution is 7.11. The number of nitrogens with zero attached hydrogens (tertiary/aromatic N) is 2. The number of carbonyl (C=O) groups excluding carboxylic acids is 1. The van der Waals surface area contributed by atoms with Crippen LogP contribution in [0.3, 0.4) is 0 Å². The zero-order valence-electron chi connectivity index (χ0n) is 12.4. The Morgan fingerprint density at radius 1 is 1.27 bits per heavy atom. The molecule has 2 aromatic rings. The van der Waals surface area contributed by atoms with Crippen LogP contribution in [0.15, 0.2) is 29.3 Å². The largest absolute Gasteiger partial charge is 0.478 e. The summed E-state index contributed by atoms with van der Waals surface area (Å²) < 4.78 is 2.13. The number of ketones is 1. The third kappa shape index (κ3) is 2.74. The Balaban J connectivity index is 2.08. The van der Waals surface area contributed by atoms with Gasteiger partial charge in [-0.15, -0.1) is 0 Å². The summed E-state index contributed by atoms with van der Waals surface area (Å²) >= 11 is 1.40. The van der Waals surface area contributed by atoms with Crippen LogP contribution in [0.2, 0.25) is 0 Å². The van der Waals surface area contributed by atoms with Crippen LogP contribution in [0.1, 0.15) is 51.5 Å². The van der Waals surface area contributed by atoms with E-state index < -0.39 is 5.97 Å². The zero-order chi connectivity index (χ0) is 15.9. The second-order valence-electron chi connectivity index (χ2n) is 5.42. The van der Waals surface area contributed by atoms with Gasteiger partial charge in [-0.25, -0.2) is 9.79 Å². The molecule has 1 aromatic carbocycles. The van der Waals surface area contributed by atoms with Gasteiger partial charge in [0.1, 0.15) is 0 Å². The van der Waals surface area contributed by atoms with Gasteiger partial charge in [-0.05, 0) is 44.0 Å². The number of thiazole rings is 1. The number of hydrogen-bond acceptors (Lipinski definition) is 4. The first-order valence-corrected chi connectivity index (χ1v) is 7.90. The van der Waals surface area contributed by atoms with Crippen LogP contribution in [0, 0.1) is 6.92 Å². The lowest BCUT2D eigenvalue weighted by molar-refractivity contribution is 0.0696. The number of aromatic nitrogens is 1. The van der Waals surface area contributed by atoms with E-state index in [0.29, 0.717) is 11.7 Å². The number of carboxylic acid groups (broad SMARTS) is 1. The van der Waals surface area contributed by atoms with Crippen LogP contribution < -0.4 is 4.80 Å². The SMILES string of the molecule is CC(=O)c1sc(=Nc2ccc(C(=O)O)cc2)n(C2CC2)c1C. The molecule has 0 bridgehead atoms. The Hall–Kier alpha value is -2.21. The average Bonchev–Trinajstić information content (AvgIpc) is 3.24. The number of benzene rings is 1. The molecule has 1 fully saturated rings. The van der Waals surface area contributed by atoms with Crippen molar-refractivity contribution in [3.63, 3.8) is 0 Å². The number of rotatable bonds is 4. The summed E-state index contributed by atoms with van der Waals surface area (Å²) in [6, 6.07) is 6.87. The molecule has 1 aliphatic carbocycles. The summed E-state index contributed by atoms with van der Waals surface area (Å²) in [5, 5.41) is 8.92. The maximum absolute atomic E-state index is 11.7. The molecule has 0 unspecified atom stereocenters. The molecule has 1 aliphatic rings. The Bertz CT molecular complexity index is 811. The lowest BCUT2D eigenvalue weighted by Crippen LogP contribution is -2.14. The van der Waals surface area contributed by atoms with Crippen LogP contribution in [0.4, 0.5) is 5.69 Å². The molecule has 0 radical (unpaired) electrons. The molecular formula is C16H16N2O3S. The van der Waals surface area contributed by atoms with Crippen LogP contribution in [0.25, 0.3) is 0 Å². The quantitative estimate of drug-likeness (QED) is 0.879. The molecule has 1 aromatic heterocycles. The molecule has 1 saturated carbocycles. The normalized spacial score (nSPS) is 15.1. The number of Topliss-reactive ketones (excluding diaryl/α,β-unsaturated/α-hetero) is 1. The fourth-order valence-electron chi connectivity index (χ4n) is 2.42. The predicted octanol–water partition coefficient (Wildman–Crippen LogP) is 3.33. The fraction of sp³-hybridized carbons (Fsp3) is 0.312. The van der Waals surface area contributed by atoms with Crippen molar-refractivity contribution in [2.75, 3.05) is 0 Å². The predicted molar refractivity (Wildman–Crippen MR) is 83.9 cm³/mol. The van der Waals surface area contributed by atoms with Crippen molar-refractivity contribution in [2.45, 2.75) is 32.7 Å². The number of carboxylic acids is 1. The van der Waals surface area contributed by atoms with E-state index >= 15 is 0 Å². The van der Waals surface area contributed by atoms with E-state index in [1.165, 1.54) is 23.5 Å². The van der Waals surface area contributed by atoms with Crippen molar-refractivity contribution in [3.8, 4) is 0 Å². The lowest BCUT2D eigenvalue weighted by atomic mass is 10.2. The van der Waals surface area contributed by atoms with E-state index in [2.05, 4.69) is 9.56 Å². The van der Waals surface area contributed by atoms with E-state index in [4.69, 9.17) is 5.11 Å². The first-order chi connectivity index (χ1) is 10.5. The van der Waals surface area contributed by atoms with Crippen LogP contribution in [-0.4, -0.2) is 21.4 Å². The topological polar surface area (TPSA) is 71.7 Å². The summed E-state index contributed by atoms with van der Waals surface area (Å²) in [6.45, 7) is 3.53. The minimum Gasteiger partial charge on any atom is -0.478 e. The third-order valence-electron chi connectivity index (χ3n) is 3.66. The van der Waals surface area contributed by atoms with Crippen molar-refractivity contribution in [1.82, 2.24) is 4.57 Å². The highest BCUT2D eigenvalue weighted by Gasteiger charge is 2.28. The molecule has 1 N–H and O–H groups in total. The number of aromatic carboxylic acids is 1. The van der Waals surface area contributed by atoms with Gasteiger partial charge in [0.15, 0.2) is 10.6 Å². The van der Waals surface area contributed by atoms with E-state index in [1.807, 2.05) is 6.92 Å². The summed E-state index contributed by atoms with van der Waals surface area (Å²) in [4.78, 5) is 28.8. The van der Waals surface area contributed by atoms with Crippen molar-refractivity contribution in [2.24, 2.45) is 4.99 Å². The molecule has 0 atom stereocenters. The molecule has 6 heteroatoms. The average molecular weight is 316 g/mol. The summed E-state index contributed by atoms with van der Waals surface area (Å²) in [7, 11) is 0. The first-order valence-electron chi connectivity index (χ1n) is 7.08. The molecule has 1 heterocycles. The van der Waals surface area contributed by atoms with E-state index in [0.717, 1.165) is 28.2 Å². The van der Waals surface area contributed by atoms with Crippen molar-refractivity contribution in [3.05, 3.63) is 45.2 Å². The van der Waals surface area contributed by atoms with Crippen LogP contribution >= 0.6 is 11.3 Å². The third-order valence-corrected chi connectivity index (χ3v) is 4.92. The molecule has 114 valence electrons. The molecule has 0 saturated heterocycles. The standard InChI is InChI=1S/C16H16N2O3S/c1-9-14(10(2)19)22-16(18(9)13-7-8-13)17-12-5-3-11(4-6-12)15(20)21/h3-6,13H,7-8H2,1-2H3,(H,20,21). The number of carbonyl (C=O) groups is 2. The van der Waals surface area contributed by atoms with Gasteiger partial charge in [0, 0.05) is 18.7 Å². The molecule has 22 heavy (non-hydrogen) atoms. The Kier molecular flexibility index (Phi) is 3.70. The summed E-state index contributed by atoms with van der Waals surface area (Å²) in [6.07, 6.45) is 2.22. The van der Waals surface area contributed by atoms with Crippen molar-refractivity contribution < 1.29 is 14.7 Å². The molecule has 3 rings (SSSR count). The van der Waals surface area contributed by atoms with E-state index in [9.17, 15) is 9.59 Å². The van der Waals surface area contributed by atoms with Gasteiger partial charge in [-0.1, -0.05) is 11.3 Å². The minimum absolute atomic E-state index is 0.0552. The second-order valence-corrected chi connectivity index (χ2v) is 6.40. The first kappa shape index (κ1) is 14.7.